The van der Waals surface area contributed by atoms with Crippen LogP contribution < -0.4 is 10.6 Å². The Hall–Kier alpha value is -1.06. The Balaban J connectivity index is 2.04. The van der Waals surface area contributed by atoms with Gasteiger partial charge in [0.1, 0.15) is 0 Å². The first-order chi connectivity index (χ1) is 9.03. The van der Waals surface area contributed by atoms with Gasteiger partial charge >= 0.3 is 0 Å². The lowest BCUT2D eigenvalue weighted by molar-refractivity contribution is -0.128. The van der Waals surface area contributed by atoms with E-state index in [1.807, 2.05) is 38.1 Å². The Morgan fingerprint density at radius 3 is 2.79 bits per heavy atom. The van der Waals surface area contributed by atoms with E-state index in [1.165, 1.54) is 0 Å². The van der Waals surface area contributed by atoms with Crippen molar-refractivity contribution in [3.8, 4) is 0 Å². The number of nitrogens with one attached hydrogen (secondary N) is 2. The molecule has 3 nitrogen and oxygen atoms in total. The summed E-state index contributed by atoms with van der Waals surface area (Å²) in [6, 6.07) is 7.54. The smallest absolute Gasteiger partial charge is 0.240 e. The molecule has 0 saturated carbocycles. The van der Waals surface area contributed by atoms with Crippen LogP contribution in [0.3, 0.4) is 0 Å². The highest BCUT2D eigenvalue weighted by Crippen LogP contribution is 2.24. The molecule has 1 aromatic rings. The van der Waals surface area contributed by atoms with Crippen molar-refractivity contribution in [2.45, 2.75) is 44.7 Å². The molecule has 1 unspecified atom stereocenters. The van der Waals surface area contributed by atoms with Crippen molar-refractivity contribution in [1.29, 1.82) is 0 Å². The molecule has 19 heavy (non-hydrogen) atoms. The van der Waals surface area contributed by atoms with E-state index in [-0.39, 0.29) is 11.9 Å². The third-order valence-electron chi connectivity index (χ3n) is 3.84. The average molecular weight is 281 g/mol. The summed E-state index contributed by atoms with van der Waals surface area (Å²) in [7, 11) is 0. The zero-order valence-corrected chi connectivity index (χ0v) is 12.3. The number of benzene rings is 1. The Bertz CT molecular complexity index is 455. The van der Waals surface area contributed by atoms with Crippen LogP contribution in [0.25, 0.3) is 0 Å². The molecule has 1 saturated heterocycles. The fourth-order valence-corrected chi connectivity index (χ4v) is 2.81. The van der Waals surface area contributed by atoms with Gasteiger partial charge in [0.05, 0.1) is 11.6 Å². The van der Waals surface area contributed by atoms with Gasteiger partial charge in [0.25, 0.3) is 0 Å². The largest absolute Gasteiger partial charge is 0.348 e. The van der Waals surface area contributed by atoms with E-state index in [9.17, 15) is 4.79 Å². The van der Waals surface area contributed by atoms with E-state index in [1.54, 1.807) is 0 Å². The Morgan fingerprint density at radius 1 is 1.42 bits per heavy atom. The highest BCUT2D eigenvalue weighted by molar-refractivity contribution is 6.31. The van der Waals surface area contributed by atoms with E-state index in [2.05, 4.69) is 10.6 Å². The molecule has 2 N–H and O–H groups in total. The van der Waals surface area contributed by atoms with Gasteiger partial charge < -0.3 is 10.6 Å². The average Bonchev–Trinajstić information content (AvgIpc) is 2.40. The van der Waals surface area contributed by atoms with Crippen LogP contribution in [0, 0.1) is 0 Å². The lowest BCUT2D eigenvalue weighted by Crippen LogP contribution is -2.57. The minimum Gasteiger partial charge on any atom is -0.348 e. The highest BCUT2D eigenvalue weighted by atomic mass is 35.5. The first kappa shape index (κ1) is 14.4. The molecule has 1 amide bonds. The maximum absolute atomic E-state index is 12.4. The number of hydrogen-bond donors (Lipinski definition) is 2. The molecule has 104 valence electrons. The minimum absolute atomic E-state index is 0.0552. The molecule has 4 heteroatoms. The van der Waals surface area contributed by atoms with Crippen molar-refractivity contribution in [2.24, 2.45) is 0 Å². The van der Waals surface area contributed by atoms with Crippen molar-refractivity contribution in [3.05, 3.63) is 34.9 Å². The van der Waals surface area contributed by atoms with Crippen molar-refractivity contribution in [3.63, 3.8) is 0 Å². The zero-order valence-electron chi connectivity index (χ0n) is 11.5. The molecule has 1 aliphatic heterocycles. The molecule has 1 aromatic carbocycles. The van der Waals surface area contributed by atoms with Crippen LogP contribution in [-0.4, -0.2) is 18.0 Å². The van der Waals surface area contributed by atoms with Gasteiger partial charge in [0, 0.05) is 5.02 Å². The summed E-state index contributed by atoms with van der Waals surface area (Å²) in [5.41, 5.74) is 0.505. The summed E-state index contributed by atoms with van der Waals surface area (Å²) in [5.74, 6) is 0.0552. The Labute approximate surface area is 119 Å². The third kappa shape index (κ3) is 3.28. The van der Waals surface area contributed by atoms with E-state index in [4.69, 9.17) is 11.6 Å². The number of rotatable bonds is 3. The number of amides is 1. The van der Waals surface area contributed by atoms with Gasteiger partial charge in [-0.05, 0) is 51.3 Å². The molecule has 0 bridgehead atoms. The molecule has 2 atom stereocenters. The molecular weight excluding hydrogens is 260 g/mol. The summed E-state index contributed by atoms with van der Waals surface area (Å²) in [6.45, 7) is 4.84. The topological polar surface area (TPSA) is 41.1 Å². The van der Waals surface area contributed by atoms with Crippen molar-refractivity contribution < 1.29 is 4.79 Å². The normalized spacial score (nSPS) is 24.8. The third-order valence-corrected chi connectivity index (χ3v) is 4.18. The summed E-state index contributed by atoms with van der Waals surface area (Å²) in [4.78, 5) is 12.4. The lowest BCUT2D eigenvalue weighted by atomic mass is 9.89. The van der Waals surface area contributed by atoms with Crippen LogP contribution >= 0.6 is 11.6 Å². The van der Waals surface area contributed by atoms with Crippen LogP contribution in [0.4, 0.5) is 0 Å². The standard InChI is InChI=1S/C15H21ClN2O/c1-11(12-7-3-4-8-13(12)16)18-14(19)15(2)9-5-6-10-17-15/h3-4,7-8,11,17H,5-6,9-10H2,1-2H3,(H,18,19)/t11-,15?/m0/s1. The molecule has 2 rings (SSSR count). The number of halogens is 1. The fourth-order valence-electron chi connectivity index (χ4n) is 2.51. The predicted molar refractivity (Wildman–Crippen MR) is 78.3 cm³/mol. The van der Waals surface area contributed by atoms with E-state index in [0.29, 0.717) is 5.02 Å². The van der Waals surface area contributed by atoms with Crippen molar-refractivity contribution in [2.75, 3.05) is 6.54 Å². The molecule has 1 fully saturated rings. The van der Waals surface area contributed by atoms with Crippen LogP contribution in [-0.2, 0) is 4.79 Å². The monoisotopic (exact) mass is 280 g/mol. The van der Waals surface area contributed by atoms with E-state index >= 15 is 0 Å². The van der Waals surface area contributed by atoms with Gasteiger partial charge in [-0.15, -0.1) is 0 Å². The first-order valence-electron chi connectivity index (χ1n) is 6.83. The number of carbonyl (C=O) groups is 1. The molecule has 0 radical (unpaired) electrons. The molecule has 0 aromatic heterocycles. The van der Waals surface area contributed by atoms with Gasteiger partial charge in [-0.1, -0.05) is 29.8 Å². The summed E-state index contributed by atoms with van der Waals surface area (Å²) in [5, 5.41) is 7.07. The summed E-state index contributed by atoms with van der Waals surface area (Å²) < 4.78 is 0. The molecule has 1 aliphatic rings. The quantitative estimate of drug-likeness (QED) is 0.893. The van der Waals surface area contributed by atoms with Gasteiger partial charge in [-0.3, -0.25) is 4.79 Å². The SMILES string of the molecule is C[C@H](NC(=O)C1(C)CCCCN1)c1ccccc1Cl. The Morgan fingerprint density at radius 2 is 2.16 bits per heavy atom. The molecular formula is C15H21ClN2O. The summed E-state index contributed by atoms with van der Waals surface area (Å²) >= 11 is 6.16. The molecule has 0 spiro atoms. The van der Waals surface area contributed by atoms with Crippen molar-refractivity contribution in [1.82, 2.24) is 10.6 Å². The lowest BCUT2D eigenvalue weighted by Gasteiger charge is -2.34. The van der Waals surface area contributed by atoms with Crippen LogP contribution in [0.2, 0.25) is 5.02 Å². The van der Waals surface area contributed by atoms with Gasteiger partial charge in [-0.2, -0.15) is 0 Å². The van der Waals surface area contributed by atoms with E-state index in [0.717, 1.165) is 31.4 Å². The summed E-state index contributed by atoms with van der Waals surface area (Å²) in [6.07, 6.45) is 3.12. The van der Waals surface area contributed by atoms with Crippen LogP contribution in [0.1, 0.15) is 44.7 Å². The zero-order chi connectivity index (χ0) is 13.9. The second-order valence-corrected chi connectivity index (χ2v) is 5.84. The van der Waals surface area contributed by atoms with Crippen molar-refractivity contribution >= 4 is 17.5 Å². The maximum atomic E-state index is 12.4. The number of carbonyl (C=O) groups excluding carboxylic acids is 1. The van der Waals surface area contributed by atoms with Gasteiger partial charge in [-0.25, -0.2) is 0 Å². The Kier molecular flexibility index (Phi) is 4.48. The molecule has 1 heterocycles. The van der Waals surface area contributed by atoms with Crippen LogP contribution in [0.15, 0.2) is 24.3 Å². The fraction of sp³-hybridized carbons (Fsp3) is 0.533. The first-order valence-corrected chi connectivity index (χ1v) is 7.21. The second-order valence-electron chi connectivity index (χ2n) is 5.43. The second kappa shape index (κ2) is 5.93. The number of hydrogen-bond acceptors (Lipinski definition) is 2. The minimum atomic E-state index is -0.451. The van der Waals surface area contributed by atoms with E-state index < -0.39 is 5.54 Å². The van der Waals surface area contributed by atoms with Gasteiger partial charge in [0.15, 0.2) is 0 Å². The molecule has 0 aliphatic carbocycles. The van der Waals surface area contributed by atoms with Gasteiger partial charge in [0.2, 0.25) is 5.91 Å². The number of piperidine rings is 1. The van der Waals surface area contributed by atoms with Crippen LogP contribution in [0.5, 0.6) is 0 Å². The predicted octanol–water partition coefficient (Wildman–Crippen LogP) is 3.05. The maximum Gasteiger partial charge on any atom is 0.240 e. The highest BCUT2D eigenvalue weighted by Gasteiger charge is 2.34.